The zero-order valence-electron chi connectivity index (χ0n) is 6.75. The van der Waals surface area contributed by atoms with Crippen LogP contribution < -0.4 is 0 Å². The van der Waals surface area contributed by atoms with Gasteiger partial charge in [-0.1, -0.05) is 28.1 Å². The van der Waals surface area contributed by atoms with E-state index < -0.39 is 0 Å². The lowest BCUT2D eigenvalue weighted by atomic mass is 10.1. The highest BCUT2D eigenvalue weighted by molar-refractivity contribution is 9.10. The monoisotopic (exact) mass is 224 g/mol. The molecule has 12 heavy (non-hydrogen) atoms. The van der Waals surface area contributed by atoms with Gasteiger partial charge in [0.1, 0.15) is 6.29 Å². The summed E-state index contributed by atoms with van der Waals surface area (Å²) in [6, 6.07) is 5.97. The van der Waals surface area contributed by atoms with Gasteiger partial charge in [-0.25, -0.2) is 0 Å². The smallest absolute Gasteiger partial charge is 0.142 e. The molecule has 0 spiro atoms. The zero-order chi connectivity index (χ0) is 8.97. The highest BCUT2D eigenvalue weighted by Crippen LogP contribution is 2.16. The van der Waals surface area contributed by atoms with Crippen molar-refractivity contribution in [3.05, 3.63) is 39.9 Å². The summed E-state index contributed by atoms with van der Waals surface area (Å²) in [6.07, 6.45) is 4.07. The summed E-state index contributed by atoms with van der Waals surface area (Å²) in [4.78, 5) is 10.1. The van der Waals surface area contributed by atoms with E-state index in [1.807, 2.05) is 25.1 Å². The lowest BCUT2D eigenvalue weighted by Gasteiger charge is -1.99. The van der Waals surface area contributed by atoms with Crippen LogP contribution in [-0.4, -0.2) is 6.29 Å². The Hall–Kier alpha value is -0.890. The second-order valence-electron chi connectivity index (χ2n) is 2.50. The number of rotatable bonds is 2. The molecule has 0 atom stereocenters. The highest BCUT2D eigenvalue weighted by atomic mass is 79.9. The average Bonchev–Trinajstić information content (AvgIpc) is 2.07. The number of halogens is 1. The molecule has 0 N–H and O–H groups in total. The van der Waals surface area contributed by atoms with Crippen molar-refractivity contribution in [2.45, 2.75) is 6.92 Å². The van der Waals surface area contributed by atoms with Crippen molar-refractivity contribution < 1.29 is 4.79 Å². The predicted molar refractivity (Wildman–Crippen MR) is 54.0 cm³/mol. The van der Waals surface area contributed by atoms with Crippen molar-refractivity contribution >= 4 is 28.3 Å². The van der Waals surface area contributed by atoms with Crippen molar-refractivity contribution in [2.24, 2.45) is 0 Å². The number of hydrogen-bond donors (Lipinski definition) is 0. The molecule has 0 unspecified atom stereocenters. The van der Waals surface area contributed by atoms with Gasteiger partial charge in [0, 0.05) is 4.47 Å². The molecule has 0 radical (unpaired) electrons. The molecule has 0 aliphatic carbocycles. The Morgan fingerprint density at radius 2 is 2.17 bits per heavy atom. The fraction of sp³-hybridized carbons (Fsp3) is 0.100. The Morgan fingerprint density at radius 1 is 1.42 bits per heavy atom. The topological polar surface area (TPSA) is 17.1 Å². The summed E-state index contributed by atoms with van der Waals surface area (Å²) < 4.78 is 1.03. The van der Waals surface area contributed by atoms with Crippen LogP contribution in [0.25, 0.3) is 6.08 Å². The molecule has 0 fully saturated rings. The molecule has 0 heterocycles. The second kappa shape index (κ2) is 4.21. The molecular formula is C10H9BrO. The Kier molecular flexibility index (Phi) is 3.23. The largest absolute Gasteiger partial charge is 0.299 e. The van der Waals surface area contributed by atoms with E-state index in [-0.39, 0.29) is 0 Å². The highest BCUT2D eigenvalue weighted by Gasteiger charge is 1.93. The third kappa shape index (κ3) is 2.31. The third-order valence-electron chi connectivity index (χ3n) is 1.60. The molecule has 2 heteroatoms. The normalized spacial score (nSPS) is 10.5. The lowest BCUT2D eigenvalue weighted by molar-refractivity contribution is -0.104. The van der Waals surface area contributed by atoms with Gasteiger partial charge < -0.3 is 0 Å². The van der Waals surface area contributed by atoms with E-state index in [0.29, 0.717) is 0 Å². The summed E-state index contributed by atoms with van der Waals surface area (Å²) in [5.74, 6) is 0. The fourth-order valence-electron chi connectivity index (χ4n) is 0.934. The van der Waals surface area contributed by atoms with Crippen molar-refractivity contribution in [3.8, 4) is 0 Å². The van der Waals surface area contributed by atoms with E-state index in [0.717, 1.165) is 21.9 Å². The summed E-state index contributed by atoms with van der Waals surface area (Å²) in [7, 11) is 0. The summed E-state index contributed by atoms with van der Waals surface area (Å²) in [6.45, 7) is 2.01. The van der Waals surface area contributed by atoms with Crippen LogP contribution in [0.3, 0.4) is 0 Å². The van der Waals surface area contributed by atoms with Crippen LogP contribution in [0.4, 0.5) is 0 Å². The molecule has 1 aromatic carbocycles. The predicted octanol–water partition coefficient (Wildman–Crippen LogP) is 2.97. The van der Waals surface area contributed by atoms with E-state index in [9.17, 15) is 4.79 Å². The van der Waals surface area contributed by atoms with Crippen LogP contribution in [0.15, 0.2) is 28.7 Å². The van der Waals surface area contributed by atoms with Gasteiger partial charge in [0.05, 0.1) is 0 Å². The average molecular weight is 225 g/mol. The number of carbonyl (C=O) groups excluding carboxylic acids is 1. The van der Waals surface area contributed by atoms with Gasteiger partial charge in [-0.3, -0.25) is 4.79 Å². The minimum absolute atomic E-state index is 0.778. The molecule has 0 aromatic heterocycles. The second-order valence-corrected chi connectivity index (χ2v) is 3.41. The SMILES string of the molecule is Cc1ccc(Br)cc1/C=C/C=O. The number of hydrogen-bond acceptors (Lipinski definition) is 1. The molecule has 62 valence electrons. The molecule has 1 nitrogen and oxygen atoms in total. The van der Waals surface area contributed by atoms with E-state index in [1.165, 1.54) is 6.08 Å². The van der Waals surface area contributed by atoms with Crippen molar-refractivity contribution in [1.82, 2.24) is 0 Å². The van der Waals surface area contributed by atoms with Crippen molar-refractivity contribution in [2.75, 3.05) is 0 Å². The molecule has 0 aliphatic rings. The van der Waals surface area contributed by atoms with E-state index >= 15 is 0 Å². The number of aldehydes is 1. The third-order valence-corrected chi connectivity index (χ3v) is 2.09. The first-order valence-electron chi connectivity index (χ1n) is 3.62. The minimum Gasteiger partial charge on any atom is -0.299 e. The van der Waals surface area contributed by atoms with Crippen LogP contribution in [0.1, 0.15) is 11.1 Å². The van der Waals surface area contributed by atoms with Gasteiger partial charge in [0.2, 0.25) is 0 Å². The molecular weight excluding hydrogens is 216 g/mol. The van der Waals surface area contributed by atoms with Crippen molar-refractivity contribution in [1.29, 1.82) is 0 Å². The zero-order valence-corrected chi connectivity index (χ0v) is 8.34. The number of aryl methyl sites for hydroxylation is 1. The molecule has 0 bridgehead atoms. The van der Waals surface area contributed by atoms with E-state index in [2.05, 4.69) is 15.9 Å². The van der Waals surface area contributed by atoms with Gasteiger partial charge in [-0.15, -0.1) is 0 Å². The maximum atomic E-state index is 10.1. The summed E-state index contributed by atoms with van der Waals surface area (Å²) in [5.41, 5.74) is 2.23. The van der Waals surface area contributed by atoms with Crippen molar-refractivity contribution in [3.63, 3.8) is 0 Å². The quantitative estimate of drug-likeness (QED) is 0.558. The molecule has 0 aliphatic heterocycles. The fourth-order valence-corrected chi connectivity index (χ4v) is 1.31. The molecule has 0 amide bonds. The first kappa shape index (κ1) is 9.20. The van der Waals surface area contributed by atoms with Crippen LogP contribution in [0.5, 0.6) is 0 Å². The summed E-state index contributed by atoms with van der Waals surface area (Å²) in [5, 5.41) is 0. The van der Waals surface area contributed by atoms with Gasteiger partial charge in [0.25, 0.3) is 0 Å². The number of allylic oxidation sites excluding steroid dienone is 1. The van der Waals surface area contributed by atoms with E-state index in [4.69, 9.17) is 0 Å². The minimum atomic E-state index is 0.778. The van der Waals surface area contributed by atoms with Gasteiger partial charge in [0.15, 0.2) is 0 Å². The molecule has 1 aromatic rings. The number of carbonyl (C=O) groups is 1. The Bertz CT molecular complexity index is 316. The van der Waals surface area contributed by atoms with Crippen LogP contribution in [0, 0.1) is 6.92 Å². The molecule has 0 saturated carbocycles. The Labute approximate surface area is 80.2 Å². The molecule has 1 rings (SSSR count). The summed E-state index contributed by atoms with van der Waals surface area (Å²) >= 11 is 3.37. The maximum Gasteiger partial charge on any atom is 0.142 e. The van der Waals surface area contributed by atoms with Crippen LogP contribution >= 0.6 is 15.9 Å². The first-order chi connectivity index (χ1) is 5.74. The van der Waals surface area contributed by atoms with E-state index in [1.54, 1.807) is 6.08 Å². The number of benzene rings is 1. The standard InChI is InChI=1S/C10H9BrO/c1-8-4-5-10(11)7-9(8)3-2-6-12/h2-7H,1H3/b3-2+. The van der Waals surface area contributed by atoms with Gasteiger partial charge >= 0.3 is 0 Å². The van der Waals surface area contributed by atoms with Crippen LogP contribution in [-0.2, 0) is 4.79 Å². The Morgan fingerprint density at radius 3 is 2.83 bits per heavy atom. The Balaban J connectivity index is 3.04. The van der Waals surface area contributed by atoms with Gasteiger partial charge in [-0.2, -0.15) is 0 Å². The van der Waals surface area contributed by atoms with Crippen LogP contribution in [0.2, 0.25) is 0 Å². The molecule has 0 saturated heterocycles. The maximum absolute atomic E-state index is 10.1. The van der Waals surface area contributed by atoms with Gasteiger partial charge in [-0.05, 0) is 36.3 Å². The lowest BCUT2D eigenvalue weighted by Crippen LogP contribution is -1.79. The first-order valence-corrected chi connectivity index (χ1v) is 4.41.